The third-order valence-corrected chi connectivity index (χ3v) is 4.14. The molecule has 0 aromatic heterocycles. The number of fused-ring (bicyclic) bond motifs is 1. The Labute approximate surface area is 158 Å². The van der Waals surface area contributed by atoms with Gasteiger partial charge in [-0.3, -0.25) is 0 Å². The summed E-state index contributed by atoms with van der Waals surface area (Å²) < 4.78 is 11.2. The normalized spacial score (nSPS) is 11.0. The summed E-state index contributed by atoms with van der Waals surface area (Å²) in [6.07, 6.45) is 3.62. The minimum absolute atomic E-state index is 0.0455. The summed E-state index contributed by atoms with van der Waals surface area (Å²) in [5, 5.41) is 11.4. The second-order valence-electron chi connectivity index (χ2n) is 5.97. The van der Waals surface area contributed by atoms with Crippen LogP contribution in [0.5, 0.6) is 11.5 Å². The van der Waals surface area contributed by atoms with E-state index in [-0.39, 0.29) is 6.61 Å². The molecule has 0 aliphatic carbocycles. The van der Waals surface area contributed by atoms with Crippen molar-refractivity contribution in [3.05, 3.63) is 77.9 Å². The second kappa shape index (κ2) is 9.01. The number of aliphatic hydroxyl groups is 1. The first-order valence-corrected chi connectivity index (χ1v) is 8.96. The topological polar surface area (TPSA) is 55.8 Å². The van der Waals surface area contributed by atoms with Crippen LogP contribution in [0.25, 0.3) is 16.8 Å². The molecule has 3 aromatic rings. The molecule has 138 valence electrons. The molecule has 0 radical (unpaired) electrons. The van der Waals surface area contributed by atoms with Gasteiger partial charge in [0.05, 0.1) is 6.61 Å². The highest BCUT2D eigenvalue weighted by atomic mass is 16.5. The number of ether oxygens (including phenoxy) is 2. The van der Waals surface area contributed by atoms with Crippen LogP contribution in [0, 0.1) is 0 Å². The number of benzene rings is 3. The maximum Gasteiger partial charge on any atom is 0.330 e. The summed E-state index contributed by atoms with van der Waals surface area (Å²) in [7, 11) is 0. The van der Waals surface area contributed by atoms with Crippen LogP contribution in [0.1, 0.15) is 18.1 Å². The van der Waals surface area contributed by atoms with E-state index in [9.17, 15) is 9.90 Å². The van der Waals surface area contributed by atoms with Crippen molar-refractivity contribution in [2.75, 3.05) is 13.2 Å². The van der Waals surface area contributed by atoms with Crippen LogP contribution in [0.4, 0.5) is 0 Å². The lowest BCUT2D eigenvalue weighted by atomic mass is 9.97. The lowest BCUT2D eigenvalue weighted by Gasteiger charge is -2.15. The van der Waals surface area contributed by atoms with Gasteiger partial charge in [-0.15, -0.1) is 0 Å². The van der Waals surface area contributed by atoms with Crippen molar-refractivity contribution in [1.82, 2.24) is 0 Å². The minimum atomic E-state index is -0.403. The van der Waals surface area contributed by atoms with Crippen molar-refractivity contribution in [2.24, 2.45) is 0 Å². The zero-order valence-corrected chi connectivity index (χ0v) is 15.2. The van der Waals surface area contributed by atoms with Gasteiger partial charge in [-0.05, 0) is 48.6 Å². The van der Waals surface area contributed by atoms with Gasteiger partial charge in [-0.25, -0.2) is 4.79 Å². The number of aliphatic hydroxyl groups excluding tert-OH is 1. The standard InChI is InChI=1S/C23H22O4/c1-2-26-22(25)13-12-18-16-17(14-15-24)20-10-6-7-11-21(20)23(18)27-19-8-4-3-5-9-19/h3-13,16,24H,2,14-15H2,1H3/b13-12+. The van der Waals surface area contributed by atoms with E-state index < -0.39 is 5.97 Å². The third-order valence-electron chi connectivity index (χ3n) is 4.14. The Bertz CT molecular complexity index is 945. The molecule has 0 aliphatic rings. The van der Waals surface area contributed by atoms with Gasteiger partial charge in [0.25, 0.3) is 0 Å². The molecule has 0 saturated carbocycles. The van der Waals surface area contributed by atoms with E-state index in [1.54, 1.807) is 13.0 Å². The van der Waals surface area contributed by atoms with E-state index in [1.807, 2.05) is 60.7 Å². The van der Waals surface area contributed by atoms with Crippen LogP contribution >= 0.6 is 0 Å². The summed E-state index contributed by atoms with van der Waals surface area (Å²) in [4.78, 5) is 11.8. The number of para-hydroxylation sites is 1. The Balaban J connectivity index is 2.14. The van der Waals surface area contributed by atoms with Gasteiger partial charge >= 0.3 is 5.97 Å². The Kier molecular flexibility index (Phi) is 6.23. The van der Waals surface area contributed by atoms with Gasteiger partial charge in [-0.1, -0.05) is 42.5 Å². The Hall–Kier alpha value is -3.11. The summed E-state index contributed by atoms with van der Waals surface area (Å²) in [5.41, 5.74) is 1.76. The number of hydrogen-bond donors (Lipinski definition) is 1. The molecule has 3 aromatic carbocycles. The largest absolute Gasteiger partial charge is 0.463 e. The average Bonchev–Trinajstić information content (AvgIpc) is 2.70. The van der Waals surface area contributed by atoms with Gasteiger partial charge < -0.3 is 14.6 Å². The van der Waals surface area contributed by atoms with Crippen LogP contribution in [0.15, 0.2) is 66.7 Å². The predicted molar refractivity (Wildman–Crippen MR) is 107 cm³/mol. The lowest BCUT2D eigenvalue weighted by Crippen LogP contribution is -2.00. The van der Waals surface area contributed by atoms with E-state index in [4.69, 9.17) is 9.47 Å². The fourth-order valence-electron chi connectivity index (χ4n) is 2.97. The molecular weight excluding hydrogens is 340 g/mol. The maximum atomic E-state index is 11.8. The average molecular weight is 362 g/mol. The minimum Gasteiger partial charge on any atom is -0.463 e. The molecule has 4 heteroatoms. The van der Waals surface area contributed by atoms with Crippen LogP contribution in [0.2, 0.25) is 0 Å². The van der Waals surface area contributed by atoms with E-state index in [2.05, 4.69) is 0 Å². The molecule has 0 aliphatic heterocycles. The van der Waals surface area contributed by atoms with E-state index in [1.165, 1.54) is 6.08 Å². The number of carbonyl (C=O) groups is 1. The fourth-order valence-corrected chi connectivity index (χ4v) is 2.97. The van der Waals surface area contributed by atoms with Crippen molar-refractivity contribution < 1.29 is 19.4 Å². The van der Waals surface area contributed by atoms with Gasteiger partial charge in [0.15, 0.2) is 0 Å². The Morgan fingerprint density at radius 2 is 1.74 bits per heavy atom. The zero-order chi connectivity index (χ0) is 19.1. The summed E-state index contributed by atoms with van der Waals surface area (Å²) in [5.74, 6) is 0.974. The lowest BCUT2D eigenvalue weighted by molar-refractivity contribution is -0.137. The monoisotopic (exact) mass is 362 g/mol. The van der Waals surface area contributed by atoms with Crippen molar-refractivity contribution in [3.63, 3.8) is 0 Å². The fraction of sp³-hybridized carbons (Fsp3) is 0.174. The van der Waals surface area contributed by atoms with Gasteiger partial charge in [0.2, 0.25) is 0 Å². The van der Waals surface area contributed by atoms with Crippen molar-refractivity contribution >= 4 is 22.8 Å². The molecule has 0 fully saturated rings. The maximum absolute atomic E-state index is 11.8. The van der Waals surface area contributed by atoms with Gasteiger partial charge in [0.1, 0.15) is 11.5 Å². The second-order valence-corrected chi connectivity index (χ2v) is 5.97. The molecule has 0 spiro atoms. The van der Waals surface area contributed by atoms with E-state index in [0.29, 0.717) is 24.5 Å². The number of hydrogen-bond acceptors (Lipinski definition) is 4. The van der Waals surface area contributed by atoms with Crippen molar-refractivity contribution in [3.8, 4) is 11.5 Å². The molecule has 0 bridgehead atoms. The predicted octanol–water partition coefficient (Wildman–Crippen LogP) is 4.74. The number of carbonyl (C=O) groups excluding carboxylic acids is 1. The highest BCUT2D eigenvalue weighted by molar-refractivity contribution is 5.96. The Morgan fingerprint density at radius 3 is 2.44 bits per heavy atom. The highest BCUT2D eigenvalue weighted by Gasteiger charge is 2.13. The quantitative estimate of drug-likeness (QED) is 0.487. The molecule has 0 saturated heterocycles. The third kappa shape index (κ3) is 4.54. The molecule has 3 rings (SSSR count). The SMILES string of the molecule is CCOC(=O)/C=C/c1cc(CCO)c2ccccc2c1Oc1ccccc1. The first kappa shape index (κ1) is 18.7. The van der Waals surface area contributed by atoms with Gasteiger partial charge in [0, 0.05) is 23.6 Å². The smallest absolute Gasteiger partial charge is 0.330 e. The first-order valence-electron chi connectivity index (χ1n) is 8.96. The molecule has 4 nitrogen and oxygen atoms in total. The van der Waals surface area contributed by atoms with Crippen LogP contribution in [-0.4, -0.2) is 24.3 Å². The molecule has 27 heavy (non-hydrogen) atoms. The zero-order valence-electron chi connectivity index (χ0n) is 15.2. The van der Waals surface area contributed by atoms with Crippen LogP contribution in [-0.2, 0) is 16.0 Å². The van der Waals surface area contributed by atoms with Crippen molar-refractivity contribution in [1.29, 1.82) is 0 Å². The molecule has 0 atom stereocenters. The van der Waals surface area contributed by atoms with Crippen LogP contribution < -0.4 is 4.74 Å². The molecule has 0 heterocycles. The summed E-state index contributed by atoms with van der Waals surface area (Å²) in [6.45, 7) is 2.14. The summed E-state index contributed by atoms with van der Waals surface area (Å²) in [6, 6.07) is 19.4. The van der Waals surface area contributed by atoms with Gasteiger partial charge in [-0.2, -0.15) is 0 Å². The number of rotatable bonds is 7. The molecule has 0 unspecified atom stereocenters. The van der Waals surface area contributed by atoms with Crippen molar-refractivity contribution in [2.45, 2.75) is 13.3 Å². The summed E-state index contributed by atoms with van der Waals surface area (Å²) >= 11 is 0. The Morgan fingerprint density at radius 1 is 1.04 bits per heavy atom. The van der Waals surface area contributed by atoms with E-state index >= 15 is 0 Å². The van der Waals surface area contributed by atoms with Crippen LogP contribution in [0.3, 0.4) is 0 Å². The highest BCUT2D eigenvalue weighted by Crippen LogP contribution is 2.36. The first-order chi connectivity index (χ1) is 13.2. The van der Waals surface area contributed by atoms with E-state index in [0.717, 1.165) is 21.9 Å². The molecular formula is C23H22O4. The molecule has 0 amide bonds. The molecule has 1 N–H and O–H groups in total. The number of esters is 1.